The predicted molar refractivity (Wildman–Crippen MR) is 186 cm³/mol. The van der Waals surface area contributed by atoms with E-state index in [9.17, 15) is 24.0 Å². The number of hydrogen-bond donors (Lipinski definition) is 0. The zero-order chi connectivity index (χ0) is 36.2. The van der Waals surface area contributed by atoms with Gasteiger partial charge in [0.25, 0.3) is 5.91 Å². The Morgan fingerprint density at radius 1 is 0.592 bits per heavy atom. The quantitative estimate of drug-likeness (QED) is 0.0984. The van der Waals surface area contributed by atoms with Crippen LogP contribution in [-0.2, 0) is 28.7 Å². The minimum atomic E-state index is -0.592. The summed E-state index contributed by atoms with van der Waals surface area (Å²) < 4.78 is 21.2. The van der Waals surface area contributed by atoms with Gasteiger partial charge in [-0.1, -0.05) is 57.8 Å². The molecule has 256 valence electrons. The zero-order valence-electron chi connectivity index (χ0n) is 28.5. The topological polar surface area (TPSA) is 126 Å². The summed E-state index contributed by atoms with van der Waals surface area (Å²) in [6.45, 7) is 18.7. The van der Waals surface area contributed by atoms with E-state index in [0.29, 0.717) is 28.2 Å². The van der Waals surface area contributed by atoms with Crippen LogP contribution < -0.4 is 9.47 Å². The van der Waals surface area contributed by atoms with Crippen LogP contribution in [0, 0.1) is 5.92 Å². The molecule has 0 aliphatic heterocycles. The molecule has 0 unspecified atom stereocenters. The van der Waals surface area contributed by atoms with E-state index in [1.54, 1.807) is 81.4 Å². The number of carbonyl (C=O) groups excluding carboxylic acids is 5. The van der Waals surface area contributed by atoms with Crippen molar-refractivity contribution in [3.63, 3.8) is 0 Å². The molecule has 0 heterocycles. The summed E-state index contributed by atoms with van der Waals surface area (Å²) in [5.41, 5.74) is 3.83. The van der Waals surface area contributed by atoms with E-state index >= 15 is 0 Å². The average Bonchev–Trinajstić information content (AvgIpc) is 3.07. The number of carbonyl (C=O) groups is 5. The standard InChI is InChI=1S/C39H41NO9/c1-24(2)36(42)46-19-17-40(18-20-47-37(43)25(3)4)35(41)32-22-30(28-9-13-33(14-10-28)48-38(44)26(5)6)21-31(23-32)29-11-15-34(16-12-29)49-39(45)27(7)8/h9-16,21-23,27H,1,3,5,17-20H2,2,4,6-8H3. The number of ether oxygens (including phenoxy) is 4. The molecule has 0 N–H and O–H groups in total. The highest BCUT2D eigenvalue weighted by Gasteiger charge is 2.20. The molecule has 0 atom stereocenters. The first kappa shape index (κ1) is 37.7. The summed E-state index contributed by atoms with van der Waals surface area (Å²) >= 11 is 0. The molecule has 3 rings (SSSR count). The van der Waals surface area contributed by atoms with E-state index < -0.39 is 23.8 Å². The molecule has 0 aromatic heterocycles. The molecule has 0 saturated heterocycles. The maximum absolute atomic E-state index is 14.1. The fraction of sp³-hybridized carbons (Fsp3) is 0.256. The van der Waals surface area contributed by atoms with Crippen molar-refractivity contribution < 1.29 is 42.9 Å². The van der Waals surface area contributed by atoms with Crippen LogP contribution in [0.25, 0.3) is 22.3 Å². The number of esters is 4. The Bertz CT molecular complexity index is 1720. The van der Waals surface area contributed by atoms with Gasteiger partial charge in [-0.2, -0.15) is 0 Å². The van der Waals surface area contributed by atoms with E-state index in [2.05, 4.69) is 19.7 Å². The van der Waals surface area contributed by atoms with Crippen molar-refractivity contribution in [3.05, 3.63) is 109 Å². The largest absolute Gasteiger partial charge is 0.460 e. The van der Waals surface area contributed by atoms with Crippen molar-refractivity contribution in [1.29, 1.82) is 0 Å². The molecule has 0 aliphatic carbocycles. The first-order valence-electron chi connectivity index (χ1n) is 15.6. The van der Waals surface area contributed by atoms with Gasteiger partial charge in [-0.3, -0.25) is 9.59 Å². The molecule has 3 aromatic rings. The second-order valence-corrected chi connectivity index (χ2v) is 11.7. The van der Waals surface area contributed by atoms with Crippen molar-refractivity contribution in [2.24, 2.45) is 5.92 Å². The average molecular weight is 668 g/mol. The van der Waals surface area contributed by atoms with Crippen LogP contribution in [0.1, 0.15) is 45.0 Å². The van der Waals surface area contributed by atoms with E-state index in [0.717, 1.165) is 11.1 Å². The monoisotopic (exact) mass is 667 g/mol. The van der Waals surface area contributed by atoms with Crippen LogP contribution >= 0.6 is 0 Å². The fourth-order valence-electron chi connectivity index (χ4n) is 4.18. The lowest BCUT2D eigenvalue weighted by Crippen LogP contribution is -2.37. The molecular formula is C39H41NO9. The molecule has 49 heavy (non-hydrogen) atoms. The van der Waals surface area contributed by atoms with Crippen molar-refractivity contribution in [1.82, 2.24) is 4.90 Å². The van der Waals surface area contributed by atoms with Crippen LogP contribution in [0.3, 0.4) is 0 Å². The Morgan fingerprint density at radius 3 is 1.39 bits per heavy atom. The Morgan fingerprint density at radius 2 is 1.00 bits per heavy atom. The highest BCUT2D eigenvalue weighted by atomic mass is 16.5. The number of amides is 1. The summed E-state index contributed by atoms with van der Waals surface area (Å²) in [4.78, 5) is 63.7. The molecule has 0 saturated carbocycles. The molecule has 0 spiro atoms. The highest BCUT2D eigenvalue weighted by molar-refractivity contribution is 5.97. The molecule has 1 amide bonds. The van der Waals surface area contributed by atoms with Crippen molar-refractivity contribution in [2.45, 2.75) is 34.6 Å². The van der Waals surface area contributed by atoms with Crippen LogP contribution in [0.4, 0.5) is 0 Å². The molecular weight excluding hydrogens is 626 g/mol. The van der Waals surface area contributed by atoms with Gasteiger partial charge in [-0.15, -0.1) is 0 Å². The van der Waals surface area contributed by atoms with E-state index in [1.807, 2.05) is 6.07 Å². The third kappa shape index (κ3) is 11.2. The minimum absolute atomic E-state index is 0.0146. The third-order valence-corrected chi connectivity index (χ3v) is 6.98. The Balaban J connectivity index is 2.03. The normalized spacial score (nSPS) is 10.5. The maximum Gasteiger partial charge on any atom is 0.338 e. The van der Waals surface area contributed by atoms with Gasteiger partial charge in [0.05, 0.1) is 19.0 Å². The van der Waals surface area contributed by atoms with Crippen molar-refractivity contribution >= 4 is 29.8 Å². The molecule has 3 aromatic carbocycles. The lowest BCUT2D eigenvalue weighted by molar-refractivity contribution is -0.140. The third-order valence-electron chi connectivity index (χ3n) is 6.98. The predicted octanol–water partition coefficient (Wildman–Crippen LogP) is 6.74. The lowest BCUT2D eigenvalue weighted by Gasteiger charge is -2.23. The van der Waals surface area contributed by atoms with Gasteiger partial charge in [-0.25, -0.2) is 14.4 Å². The van der Waals surface area contributed by atoms with Gasteiger partial charge in [0, 0.05) is 22.3 Å². The summed E-state index contributed by atoms with van der Waals surface area (Å²) in [7, 11) is 0. The number of nitrogens with zero attached hydrogens (tertiary/aromatic N) is 1. The van der Waals surface area contributed by atoms with E-state index in [-0.39, 0.29) is 54.9 Å². The Hall–Kier alpha value is -5.77. The molecule has 0 fully saturated rings. The molecule has 10 nitrogen and oxygen atoms in total. The van der Waals surface area contributed by atoms with Crippen LogP contribution in [0.2, 0.25) is 0 Å². The SMILES string of the molecule is C=C(C)C(=O)OCCN(CCOC(=O)C(=C)C)C(=O)c1cc(-c2ccc(OC(=O)C(=C)C)cc2)cc(-c2ccc(OC(=O)C(C)C)cc2)c1. The second-order valence-electron chi connectivity index (χ2n) is 11.7. The number of hydrogen-bond acceptors (Lipinski definition) is 9. The Labute approximate surface area is 286 Å². The second kappa shape index (κ2) is 17.4. The van der Waals surface area contributed by atoms with Crippen LogP contribution in [0.15, 0.2) is 103 Å². The number of rotatable bonds is 15. The first-order chi connectivity index (χ1) is 23.2. The smallest absolute Gasteiger partial charge is 0.338 e. The van der Waals surface area contributed by atoms with Crippen molar-refractivity contribution in [3.8, 4) is 33.8 Å². The van der Waals surface area contributed by atoms with E-state index in [1.165, 1.54) is 18.7 Å². The maximum atomic E-state index is 14.1. The minimum Gasteiger partial charge on any atom is -0.460 e. The fourth-order valence-corrected chi connectivity index (χ4v) is 4.18. The summed E-state index contributed by atoms with van der Waals surface area (Å²) in [6, 6.07) is 19.0. The van der Waals surface area contributed by atoms with E-state index in [4.69, 9.17) is 18.9 Å². The summed E-state index contributed by atoms with van der Waals surface area (Å²) in [5.74, 6) is -2.08. The first-order valence-corrected chi connectivity index (χ1v) is 15.6. The van der Waals surface area contributed by atoms with Gasteiger partial charge >= 0.3 is 23.9 Å². The van der Waals surface area contributed by atoms with Crippen LogP contribution in [0.5, 0.6) is 11.5 Å². The van der Waals surface area contributed by atoms with Crippen molar-refractivity contribution in [2.75, 3.05) is 26.3 Å². The molecule has 0 bridgehead atoms. The summed E-state index contributed by atoms with van der Waals surface area (Å²) in [6.07, 6.45) is 0. The molecule has 10 heteroatoms. The lowest BCUT2D eigenvalue weighted by atomic mass is 9.95. The van der Waals surface area contributed by atoms with Crippen LogP contribution in [-0.4, -0.2) is 61.0 Å². The number of benzene rings is 3. The highest BCUT2D eigenvalue weighted by Crippen LogP contribution is 2.31. The van der Waals surface area contributed by atoms with Gasteiger partial charge < -0.3 is 23.8 Å². The summed E-state index contributed by atoms with van der Waals surface area (Å²) in [5, 5.41) is 0. The molecule has 0 aliphatic rings. The van der Waals surface area contributed by atoms with Gasteiger partial charge in [-0.05, 0) is 85.5 Å². The van der Waals surface area contributed by atoms with Gasteiger partial charge in [0.1, 0.15) is 24.7 Å². The molecule has 0 radical (unpaired) electrons. The zero-order valence-corrected chi connectivity index (χ0v) is 28.5. The van der Waals surface area contributed by atoms with Gasteiger partial charge in [0.15, 0.2) is 0 Å². The Kier molecular flexibility index (Phi) is 13.4. The van der Waals surface area contributed by atoms with Gasteiger partial charge in [0.2, 0.25) is 0 Å².